The molecule has 4 atom stereocenters. The maximum atomic E-state index is 14.5. The molecule has 4 aromatic rings. The Labute approximate surface area is 312 Å². The molecule has 0 bridgehead atoms. The zero-order valence-electron chi connectivity index (χ0n) is 30.9. The number of nitrogens with zero attached hydrogens (tertiary/aromatic N) is 2. The van der Waals surface area contributed by atoms with Crippen LogP contribution in [0.3, 0.4) is 0 Å². The Morgan fingerprint density at radius 1 is 1.04 bits per heavy atom. The molecule has 284 valence electrons. The summed E-state index contributed by atoms with van der Waals surface area (Å²) in [7, 11) is -0.797. The summed E-state index contributed by atoms with van der Waals surface area (Å²) in [6.07, 6.45) is 1.55. The number of rotatable bonds is 9. The number of ether oxygens (including phenoxy) is 3. The molecule has 3 N–H and O–H groups in total. The predicted molar refractivity (Wildman–Crippen MR) is 206 cm³/mol. The Kier molecular flexibility index (Phi) is 13.2. The number of hydrogen-bond acceptors (Lipinski definition) is 8. The molecule has 12 nitrogen and oxygen atoms in total. The number of methoxy groups -OCH3 is 1. The Balaban J connectivity index is 1.40. The number of carbonyl (C=O) groups excluding carboxylic acids is 2. The first-order valence-electron chi connectivity index (χ1n) is 17.9. The van der Waals surface area contributed by atoms with E-state index in [0.717, 1.165) is 23.6 Å². The fourth-order valence-corrected chi connectivity index (χ4v) is 7.36. The molecule has 0 aliphatic carbocycles. The van der Waals surface area contributed by atoms with E-state index in [2.05, 4.69) is 10.0 Å². The number of urea groups is 1. The highest BCUT2D eigenvalue weighted by Crippen LogP contribution is 2.30. The van der Waals surface area contributed by atoms with E-state index in [1.54, 1.807) is 48.0 Å². The summed E-state index contributed by atoms with van der Waals surface area (Å²) in [5.41, 5.74) is 1.03. The third-order valence-electron chi connectivity index (χ3n) is 9.51. The molecule has 5 rings (SSSR count). The molecule has 13 heteroatoms. The molecule has 4 aromatic carbocycles. The van der Waals surface area contributed by atoms with Crippen molar-refractivity contribution in [2.45, 2.75) is 63.2 Å². The molecule has 1 aliphatic heterocycles. The number of hydrogen-bond donors (Lipinski definition) is 3. The third-order valence-corrected chi connectivity index (χ3v) is 10.9. The van der Waals surface area contributed by atoms with Crippen molar-refractivity contribution in [2.75, 3.05) is 50.5 Å². The van der Waals surface area contributed by atoms with Crippen LogP contribution in [0, 0.1) is 5.92 Å². The van der Waals surface area contributed by atoms with Crippen LogP contribution >= 0.6 is 0 Å². The lowest BCUT2D eigenvalue weighted by Gasteiger charge is -2.35. The van der Waals surface area contributed by atoms with Gasteiger partial charge in [0.1, 0.15) is 11.5 Å². The monoisotopic (exact) mass is 746 g/mol. The second-order valence-corrected chi connectivity index (χ2v) is 15.3. The Morgan fingerprint density at radius 2 is 1.77 bits per heavy atom. The molecule has 0 fully saturated rings. The van der Waals surface area contributed by atoms with Crippen LogP contribution in [0.25, 0.3) is 10.8 Å². The van der Waals surface area contributed by atoms with Crippen LogP contribution < -0.4 is 19.5 Å². The van der Waals surface area contributed by atoms with Gasteiger partial charge in [0.15, 0.2) is 0 Å². The number of benzene rings is 4. The van der Waals surface area contributed by atoms with Gasteiger partial charge in [-0.25, -0.2) is 13.2 Å². The van der Waals surface area contributed by atoms with E-state index < -0.39 is 28.1 Å². The number of anilines is 2. The summed E-state index contributed by atoms with van der Waals surface area (Å²) in [6.45, 7) is 6.19. The smallest absolute Gasteiger partial charge is 0.321 e. The number of sulfonamides is 1. The van der Waals surface area contributed by atoms with Gasteiger partial charge in [-0.3, -0.25) is 9.52 Å². The van der Waals surface area contributed by atoms with Gasteiger partial charge in [0, 0.05) is 43.7 Å². The van der Waals surface area contributed by atoms with Gasteiger partial charge in [-0.2, -0.15) is 0 Å². The van der Waals surface area contributed by atoms with Gasteiger partial charge in [0.2, 0.25) is 0 Å². The second kappa shape index (κ2) is 17.8. The van der Waals surface area contributed by atoms with E-state index in [9.17, 15) is 23.1 Å². The number of likely N-dealkylation sites (N-methyl/N-ethyl adjacent to an activating group) is 1. The van der Waals surface area contributed by atoms with Crippen molar-refractivity contribution in [3.05, 3.63) is 90.5 Å². The van der Waals surface area contributed by atoms with E-state index in [1.165, 1.54) is 25.3 Å². The summed E-state index contributed by atoms with van der Waals surface area (Å²) in [4.78, 5) is 31.1. The molecule has 53 heavy (non-hydrogen) atoms. The lowest BCUT2D eigenvalue weighted by molar-refractivity contribution is -0.0115. The highest BCUT2D eigenvalue weighted by atomic mass is 32.2. The summed E-state index contributed by atoms with van der Waals surface area (Å²) in [6, 6.07) is 23.3. The van der Waals surface area contributed by atoms with Crippen LogP contribution in [0.1, 0.15) is 50.4 Å². The third kappa shape index (κ3) is 9.98. The molecule has 0 spiro atoms. The molecule has 1 heterocycles. The molecule has 3 amide bonds. The van der Waals surface area contributed by atoms with Crippen molar-refractivity contribution < 1.29 is 37.3 Å². The first-order valence-corrected chi connectivity index (χ1v) is 19.4. The Hall–Kier alpha value is -4.85. The van der Waals surface area contributed by atoms with Crippen LogP contribution in [0.5, 0.6) is 11.5 Å². The minimum atomic E-state index is -4.01. The SMILES string of the molecule is COc1ccc(S(=O)(=O)Nc2ccc3c(c2)C(=O)N([C@H](C)CO)C[C@H](C)[C@@H](CN(C)C(=O)Nc2cccc4ccccc24)OCCCC[C@@H](C)O3)cc1. The van der Waals surface area contributed by atoms with Crippen molar-refractivity contribution in [2.24, 2.45) is 5.92 Å². The van der Waals surface area contributed by atoms with Crippen molar-refractivity contribution in [1.82, 2.24) is 9.80 Å². The summed E-state index contributed by atoms with van der Waals surface area (Å²) in [5, 5.41) is 15.3. The van der Waals surface area contributed by atoms with E-state index in [4.69, 9.17) is 14.2 Å². The zero-order chi connectivity index (χ0) is 38.1. The van der Waals surface area contributed by atoms with Crippen molar-refractivity contribution in [3.63, 3.8) is 0 Å². The maximum absolute atomic E-state index is 14.5. The normalized spacial score (nSPS) is 19.3. The van der Waals surface area contributed by atoms with E-state index in [0.29, 0.717) is 30.2 Å². The molecule has 0 radical (unpaired) electrons. The van der Waals surface area contributed by atoms with Crippen LogP contribution in [0.15, 0.2) is 89.8 Å². The first-order chi connectivity index (χ1) is 25.4. The average molecular weight is 747 g/mol. The highest BCUT2D eigenvalue weighted by molar-refractivity contribution is 7.92. The molecular formula is C40H50N4O8S. The van der Waals surface area contributed by atoms with Crippen molar-refractivity contribution in [3.8, 4) is 11.5 Å². The van der Waals surface area contributed by atoms with Crippen molar-refractivity contribution >= 4 is 44.1 Å². The fourth-order valence-electron chi connectivity index (χ4n) is 6.32. The van der Waals surface area contributed by atoms with Gasteiger partial charge in [-0.05, 0) is 87.0 Å². The molecular weight excluding hydrogens is 697 g/mol. The maximum Gasteiger partial charge on any atom is 0.321 e. The van der Waals surface area contributed by atoms with Gasteiger partial charge in [0.05, 0.1) is 48.1 Å². The van der Waals surface area contributed by atoms with Gasteiger partial charge in [-0.1, -0.05) is 43.3 Å². The molecule has 0 saturated heterocycles. The van der Waals surface area contributed by atoms with Gasteiger partial charge >= 0.3 is 6.03 Å². The molecule has 0 aromatic heterocycles. The van der Waals surface area contributed by atoms with Gasteiger partial charge < -0.3 is 34.4 Å². The second-order valence-electron chi connectivity index (χ2n) is 13.6. The lowest BCUT2D eigenvalue weighted by atomic mass is 10.0. The fraction of sp³-hybridized carbons (Fsp3) is 0.400. The summed E-state index contributed by atoms with van der Waals surface area (Å²) < 4.78 is 47.1. The highest BCUT2D eigenvalue weighted by Gasteiger charge is 2.31. The summed E-state index contributed by atoms with van der Waals surface area (Å²) >= 11 is 0. The molecule has 1 aliphatic rings. The Morgan fingerprint density at radius 3 is 2.51 bits per heavy atom. The largest absolute Gasteiger partial charge is 0.497 e. The minimum Gasteiger partial charge on any atom is -0.497 e. The van der Waals surface area contributed by atoms with E-state index in [-0.39, 0.29) is 53.9 Å². The lowest BCUT2D eigenvalue weighted by Crippen LogP contribution is -2.48. The minimum absolute atomic E-state index is 0.0285. The standard InChI is InChI=1S/C40H50N4O8S/c1-27-24-44(28(2)26-45)39(46)35-23-31(42-53(48,49)33-19-17-32(50-5)18-20-33)16-21-37(35)52-29(3)11-8-9-22-51-38(27)25-43(4)40(47)41-36-15-10-13-30-12-6-7-14-34(30)36/h6-7,10,12-21,23,27-29,38,42,45H,8-9,11,22,24-26H2,1-5H3,(H,41,47)/t27-,28+,29+,38+/m0/s1. The quantitative estimate of drug-likeness (QED) is 0.174. The topological polar surface area (TPSA) is 147 Å². The number of nitrogens with one attached hydrogen (secondary N) is 2. The molecule has 0 saturated carbocycles. The number of aliphatic hydroxyl groups excluding tert-OH is 1. The predicted octanol–water partition coefficient (Wildman–Crippen LogP) is 6.61. The van der Waals surface area contributed by atoms with Crippen LogP contribution in [-0.4, -0.2) is 94.0 Å². The summed E-state index contributed by atoms with van der Waals surface area (Å²) in [5.74, 6) is 0.114. The average Bonchev–Trinajstić information content (AvgIpc) is 3.15. The van der Waals surface area contributed by atoms with Crippen molar-refractivity contribution in [1.29, 1.82) is 0 Å². The zero-order valence-corrected chi connectivity index (χ0v) is 31.8. The van der Waals surface area contributed by atoms with Gasteiger partial charge in [-0.15, -0.1) is 0 Å². The number of amides is 3. The van der Waals surface area contributed by atoms with E-state index >= 15 is 0 Å². The first kappa shape index (κ1) is 39.4. The van der Waals surface area contributed by atoms with Crippen LogP contribution in [-0.2, 0) is 14.8 Å². The van der Waals surface area contributed by atoms with Crippen LogP contribution in [0.4, 0.5) is 16.2 Å². The number of fused-ring (bicyclic) bond motifs is 2. The number of carbonyl (C=O) groups is 2. The Bertz CT molecular complexity index is 1970. The van der Waals surface area contributed by atoms with Crippen LogP contribution in [0.2, 0.25) is 0 Å². The van der Waals surface area contributed by atoms with E-state index in [1.807, 2.05) is 56.3 Å². The van der Waals surface area contributed by atoms with Gasteiger partial charge in [0.25, 0.3) is 15.9 Å². The number of aliphatic hydroxyl groups is 1. The molecule has 0 unspecified atom stereocenters.